The molecule has 0 fully saturated rings. The quantitative estimate of drug-likeness (QED) is 0.531. The van der Waals surface area contributed by atoms with Crippen LogP contribution in [-0.2, 0) is 0 Å². The van der Waals surface area contributed by atoms with Crippen LogP contribution in [0.3, 0.4) is 0 Å². The van der Waals surface area contributed by atoms with E-state index in [1.807, 2.05) is 36.4 Å². The van der Waals surface area contributed by atoms with Gasteiger partial charge in [-0.15, -0.1) is 0 Å². The van der Waals surface area contributed by atoms with Crippen LogP contribution in [0.5, 0.6) is 5.75 Å². The monoisotopic (exact) mass is 306 g/mol. The molecule has 1 aromatic heterocycles. The summed E-state index contributed by atoms with van der Waals surface area (Å²) in [6.07, 6.45) is 0. The Labute approximate surface area is 133 Å². The Morgan fingerprint density at radius 3 is 2.39 bits per heavy atom. The molecule has 0 spiro atoms. The zero-order chi connectivity index (χ0) is 16.2. The molecule has 0 aliphatic carbocycles. The van der Waals surface area contributed by atoms with Crippen LogP contribution in [0.1, 0.15) is 0 Å². The topological polar surface area (TPSA) is 65.3 Å². The Hall–Kier alpha value is -3.21. The number of non-ortho nitro benzene ring substituents is 1. The Morgan fingerprint density at radius 2 is 1.70 bits per heavy atom. The van der Waals surface area contributed by atoms with Gasteiger partial charge in [0.15, 0.2) is 0 Å². The first-order valence-electron chi connectivity index (χ1n) is 7.04. The van der Waals surface area contributed by atoms with Crippen LogP contribution in [0.2, 0.25) is 0 Å². The Morgan fingerprint density at radius 1 is 0.957 bits per heavy atom. The van der Waals surface area contributed by atoms with E-state index in [2.05, 4.69) is 4.98 Å². The number of hydrogen-bond donors (Lipinski definition) is 0. The highest BCUT2D eigenvalue weighted by molar-refractivity contribution is 5.71. The van der Waals surface area contributed by atoms with Gasteiger partial charge in [0.25, 0.3) is 5.69 Å². The van der Waals surface area contributed by atoms with E-state index in [0.29, 0.717) is 22.7 Å². The van der Waals surface area contributed by atoms with Crippen molar-refractivity contribution in [2.75, 3.05) is 7.11 Å². The number of hydrogen-bond acceptors (Lipinski definition) is 4. The molecular weight excluding hydrogens is 292 g/mol. The fraction of sp³-hybridized carbons (Fsp3) is 0.0556. The molecule has 1 heterocycles. The second-order valence-electron chi connectivity index (χ2n) is 4.92. The maximum atomic E-state index is 10.9. The summed E-state index contributed by atoms with van der Waals surface area (Å²) >= 11 is 0. The minimum atomic E-state index is -0.412. The van der Waals surface area contributed by atoms with E-state index >= 15 is 0 Å². The Balaban J connectivity index is 2.12. The molecule has 3 aromatic rings. The van der Waals surface area contributed by atoms with Crippen LogP contribution in [-0.4, -0.2) is 17.0 Å². The second-order valence-corrected chi connectivity index (χ2v) is 4.92. The van der Waals surface area contributed by atoms with Gasteiger partial charge in [-0.3, -0.25) is 10.1 Å². The molecule has 0 unspecified atom stereocenters. The van der Waals surface area contributed by atoms with Gasteiger partial charge >= 0.3 is 0 Å². The lowest BCUT2D eigenvalue weighted by Gasteiger charge is -2.10. The number of rotatable bonds is 4. The molecule has 23 heavy (non-hydrogen) atoms. The van der Waals surface area contributed by atoms with Crippen LogP contribution in [0.4, 0.5) is 5.69 Å². The fourth-order valence-electron chi connectivity index (χ4n) is 2.35. The summed E-state index contributed by atoms with van der Waals surface area (Å²) in [5, 5.41) is 10.9. The summed E-state index contributed by atoms with van der Waals surface area (Å²) in [5.74, 6) is 0.658. The Kier molecular flexibility index (Phi) is 4.01. The molecular formula is C18H14N2O3. The summed E-state index contributed by atoms with van der Waals surface area (Å²) in [4.78, 5) is 15.2. The van der Waals surface area contributed by atoms with Gasteiger partial charge in [-0.05, 0) is 12.1 Å². The number of nitrogens with zero attached hydrogens (tertiary/aromatic N) is 2. The van der Waals surface area contributed by atoms with Gasteiger partial charge < -0.3 is 4.74 Å². The number of pyridine rings is 1. The molecule has 114 valence electrons. The average Bonchev–Trinajstić information content (AvgIpc) is 2.62. The van der Waals surface area contributed by atoms with Crippen LogP contribution in [0.25, 0.3) is 22.5 Å². The second kappa shape index (κ2) is 6.27. The summed E-state index contributed by atoms with van der Waals surface area (Å²) in [7, 11) is 1.59. The van der Waals surface area contributed by atoms with Crippen molar-refractivity contribution < 1.29 is 9.66 Å². The zero-order valence-corrected chi connectivity index (χ0v) is 12.5. The first-order valence-corrected chi connectivity index (χ1v) is 7.04. The first kappa shape index (κ1) is 14.7. The van der Waals surface area contributed by atoms with E-state index in [-0.39, 0.29) is 5.69 Å². The third-order valence-corrected chi connectivity index (χ3v) is 3.48. The smallest absolute Gasteiger partial charge is 0.270 e. The molecule has 0 atom stereocenters. The van der Waals surface area contributed by atoms with E-state index in [1.165, 1.54) is 12.1 Å². The number of methoxy groups -OCH3 is 1. The predicted molar refractivity (Wildman–Crippen MR) is 88.3 cm³/mol. The third-order valence-electron chi connectivity index (χ3n) is 3.48. The maximum absolute atomic E-state index is 10.9. The summed E-state index contributed by atoms with van der Waals surface area (Å²) in [6, 6.07) is 19.7. The average molecular weight is 306 g/mol. The largest absolute Gasteiger partial charge is 0.494 e. The minimum Gasteiger partial charge on any atom is -0.494 e. The molecule has 0 bridgehead atoms. The lowest BCUT2D eigenvalue weighted by Crippen LogP contribution is -1.94. The normalized spacial score (nSPS) is 10.3. The molecule has 5 heteroatoms. The van der Waals surface area contributed by atoms with Crippen LogP contribution in [0.15, 0.2) is 66.7 Å². The molecule has 0 N–H and O–H groups in total. The molecule has 5 nitrogen and oxygen atoms in total. The van der Waals surface area contributed by atoms with Crippen molar-refractivity contribution in [3.05, 3.63) is 76.8 Å². The number of nitro benzene ring substituents is 1. The molecule has 0 aliphatic rings. The Bertz CT molecular complexity index is 848. The van der Waals surface area contributed by atoms with Gasteiger partial charge in [0, 0.05) is 23.3 Å². The highest BCUT2D eigenvalue weighted by Crippen LogP contribution is 2.31. The molecule has 0 amide bonds. The lowest BCUT2D eigenvalue weighted by atomic mass is 10.1. The summed E-state index contributed by atoms with van der Waals surface area (Å²) < 4.78 is 5.38. The third kappa shape index (κ3) is 3.03. The van der Waals surface area contributed by atoms with Gasteiger partial charge in [-0.2, -0.15) is 0 Å². The van der Waals surface area contributed by atoms with E-state index in [9.17, 15) is 10.1 Å². The van der Waals surface area contributed by atoms with Gasteiger partial charge in [0.2, 0.25) is 0 Å². The molecule has 3 rings (SSSR count). The van der Waals surface area contributed by atoms with Crippen molar-refractivity contribution in [3.63, 3.8) is 0 Å². The number of benzene rings is 2. The van der Waals surface area contributed by atoms with Crippen molar-refractivity contribution in [1.82, 2.24) is 4.98 Å². The SMILES string of the molecule is COc1ccc(-c2cccc([N+](=O)[O-])c2)nc1-c1ccccc1. The zero-order valence-electron chi connectivity index (χ0n) is 12.5. The van der Waals surface area contributed by atoms with Gasteiger partial charge in [0.1, 0.15) is 11.4 Å². The van der Waals surface area contributed by atoms with Gasteiger partial charge in [-0.25, -0.2) is 4.98 Å². The van der Waals surface area contributed by atoms with E-state index < -0.39 is 4.92 Å². The van der Waals surface area contributed by atoms with E-state index in [1.54, 1.807) is 25.3 Å². The van der Waals surface area contributed by atoms with Gasteiger partial charge in [-0.1, -0.05) is 42.5 Å². The number of aromatic nitrogens is 1. The van der Waals surface area contributed by atoms with E-state index in [0.717, 1.165) is 5.56 Å². The van der Waals surface area contributed by atoms with Crippen molar-refractivity contribution in [2.24, 2.45) is 0 Å². The summed E-state index contributed by atoms with van der Waals surface area (Å²) in [6.45, 7) is 0. The standard InChI is InChI=1S/C18H14N2O3/c1-23-17-11-10-16(14-8-5-9-15(12-14)20(21)22)19-18(17)13-6-3-2-4-7-13/h2-12H,1H3. The van der Waals surface area contributed by atoms with Crippen molar-refractivity contribution in [2.45, 2.75) is 0 Å². The minimum absolute atomic E-state index is 0.0429. The summed E-state index contributed by atoms with van der Waals surface area (Å²) in [5.41, 5.74) is 3.03. The molecule has 0 saturated carbocycles. The predicted octanol–water partition coefficient (Wildman–Crippen LogP) is 4.33. The van der Waals surface area contributed by atoms with Crippen LogP contribution >= 0.6 is 0 Å². The maximum Gasteiger partial charge on any atom is 0.270 e. The fourth-order valence-corrected chi connectivity index (χ4v) is 2.35. The highest BCUT2D eigenvalue weighted by atomic mass is 16.6. The number of ether oxygens (including phenoxy) is 1. The molecule has 0 saturated heterocycles. The van der Waals surface area contributed by atoms with Crippen molar-refractivity contribution in [3.8, 4) is 28.3 Å². The highest BCUT2D eigenvalue weighted by Gasteiger charge is 2.12. The van der Waals surface area contributed by atoms with Crippen LogP contribution in [0, 0.1) is 10.1 Å². The van der Waals surface area contributed by atoms with Crippen molar-refractivity contribution >= 4 is 5.69 Å². The van der Waals surface area contributed by atoms with E-state index in [4.69, 9.17) is 4.74 Å². The lowest BCUT2D eigenvalue weighted by molar-refractivity contribution is -0.384. The van der Waals surface area contributed by atoms with Crippen LogP contribution < -0.4 is 4.74 Å². The molecule has 0 radical (unpaired) electrons. The van der Waals surface area contributed by atoms with Crippen molar-refractivity contribution in [1.29, 1.82) is 0 Å². The molecule has 2 aromatic carbocycles. The number of nitro groups is 1. The molecule has 0 aliphatic heterocycles. The first-order chi connectivity index (χ1) is 11.2. The van der Waals surface area contributed by atoms with Gasteiger partial charge in [0.05, 0.1) is 17.7 Å².